The number of benzene rings is 2. The van der Waals surface area contributed by atoms with E-state index in [1.165, 1.54) is 28.4 Å². The molecule has 1 saturated heterocycles. The molecule has 32 heavy (non-hydrogen) atoms. The number of alkyl halides is 3. The van der Waals surface area contributed by atoms with Crippen LogP contribution in [0.25, 0.3) is 10.2 Å². The van der Waals surface area contributed by atoms with Crippen molar-refractivity contribution in [3.63, 3.8) is 0 Å². The lowest BCUT2D eigenvalue weighted by Gasteiger charge is -2.29. The molecule has 170 valence electrons. The van der Waals surface area contributed by atoms with Crippen molar-refractivity contribution in [1.82, 2.24) is 9.88 Å². The second-order valence-electron chi connectivity index (χ2n) is 7.86. The van der Waals surface area contributed by atoms with Gasteiger partial charge in [0.05, 0.1) is 29.0 Å². The third-order valence-corrected chi connectivity index (χ3v) is 6.80. The highest BCUT2D eigenvalue weighted by molar-refractivity contribution is 7.22. The first-order chi connectivity index (χ1) is 15.2. The number of aryl methyl sites for hydroxylation is 2. The highest BCUT2D eigenvalue weighted by atomic mass is 32.1. The zero-order valence-corrected chi connectivity index (χ0v) is 18.7. The molecule has 0 atom stereocenters. The van der Waals surface area contributed by atoms with E-state index in [0.29, 0.717) is 31.4 Å². The summed E-state index contributed by atoms with van der Waals surface area (Å²) >= 11 is 1.39. The van der Waals surface area contributed by atoms with Gasteiger partial charge in [-0.25, -0.2) is 4.98 Å². The first-order valence-electron chi connectivity index (χ1n) is 10.4. The number of morpholine rings is 1. The predicted molar refractivity (Wildman–Crippen MR) is 119 cm³/mol. The van der Waals surface area contributed by atoms with Crippen molar-refractivity contribution in [3.8, 4) is 0 Å². The summed E-state index contributed by atoms with van der Waals surface area (Å²) in [6.07, 6.45) is -4.51. The number of nitrogens with zero attached hydrogens (tertiary/aromatic N) is 3. The maximum Gasteiger partial charge on any atom is 0.416 e. The van der Waals surface area contributed by atoms with Gasteiger partial charge in [0.1, 0.15) is 0 Å². The van der Waals surface area contributed by atoms with Gasteiger partial charge < -0.3 is 4.74 Å². The molecule has 3 aromatic rings. The topological polar surface area (TPSA) is 45.7 Å². The number of amides is 1. The fourth-order valence-corrected chi connectivity index (χ4v) is 4.83. The molecule has 1 fully saturated rings. The number of hydrogen-bond acceptors (Lipinski definition) is 5. The molecule has 0 saturated carbocycles. The highest BCUT2D eigenvalue weighted by Crippen LogP contribution is 2.34. The van der Waals surface area contributed by atoms with Gasteiger partial charge in [-0.15, -0.1) is 0 Å². The van der Waals surface area contributed by atoms with Crippen LogP contribution in [0.2, 0.25) is 0 Å². The summed E-state index contributed by atoms with van der Waals surface area (Å²) in [5.41, 5.74) is 2.02. The largest absolute Gasteiger partial charge is 0.416 e. The van der Waals surface area contributed by atoms with Gasteiger partial charge >= 0.3 is 6.18 Å². The molecule has 0 bridgehead atoms. The SMILES string of the molecule is Cc1ccc(C)c2sc(N(CCN3CCOCC3)C(=O)c3cccc(C(F)(F)F)c3)nc12. The van der Waals surface area contributed by atoms with E-state index >= 15 is 0 Å². The maximum atomic E-state index is 13.4. The summed E-state index contributed by atoms with van der Waals surface area (Å²) in [6.45, 7) is 7.61. The number of thiazole rings is 1. The number of ether oxygens (including phenoxy) is 1. The van der Waals surface area contributed by atoms with Gasteiger partial charge in [0, 0.05) is 31.7 Å². The Balaban J connectivity index is 1.70. The Morgan fingerprint density at radius 2 is 1.88 bits per heavy atom. The Labute approximate surface area is 188 Å². The summed E-state index contributed by atoms with van der Waals surface area (Å²) in [4.78, 5) is 21.8. The van der Waals surface area contributed by atoms with Crippen LogP contribution in [0.4, 0.5) is 18.3 Å². The van der Waals surface area contributed by atoms with Crippen molar-refractivity contribution in [3.05, 3.63) is 58.7 Å². The van der Waals surface area contributed by atoms with Crippen molar-refractivity contribution in [2.24, 2.45) is 0 Å². The van der Waals surface area contributed by atoms with E-state index in [-0.39, 0.29) is 5.56 Å². The average molecular weight is 464 g/mol. The lowest BCUT2D eigenvalue weighted by Crippen LogP contribution is -2.43. The van der Waals surface area contributed by atoms with Crippen LogP contribution in [0.1, 0.15) is 27.0 Å². The number of carbonyl (C=O) groups excluding carboxylic acids is 1. The van der Waals surface area contributed by atoms with Crippen LogP contribution in [0, 0.1) is 13.8 Å². The van der Waals surface area contributed by atoms with E-state index in [9.17, 15) is 18.0 Å². The fraction of sp³-hybridized carbons (Fsp3) is 0.391. The second-order valence-corrected chi connectivity index (χ2v) is 8.84. The molecule has 1 aliphatic rings. The van der Waals surface area contributed by atoms with Crippen LogP contribution in [0.3, 0.4) is 0 Å². The average Bonchev–Trinajstić information content (AvgIpc) is 3.23. The molecule has 0 spiro atoms. The van der Waals surface area contributed by atoms with Crippen molar-refractivity contribution in [2.45, 2.75) is 20.0 Å². The molecular weight excluding hydrogens is 439 g/mol. The zero-order valence-electron chi connectivity index (χ0n) is 17.9. The summed E-state index contributed by atoms with van der Waals surface area (Å²) in [5.74, 6) is -0.487. The van der Waals surface area contributed by atoms with Crippen LogP contribution in [-0.4, -0.2) is 55.2 Å². The molecule has 1 aromatic heterocycles. The summed E-state index contributed by atoms with van der Waals surface area (Å²) in [7, 11) is 0. The number of carbonyl (C=O) groups is 1. The van der Waals surface area contributed by atoms with Gasteiger partial charge in [-0.2, -0.15) is 13.2 Å². The quantitative estimate of drug-likeness (QED) is 0.539. The molecule has 0 radical (unpaired) electrons. The predicted octanol–water partition coefficient (Wildman–Crippen LogP) is 4.91. The van der Waals surface area contributed by atoms with E-state index in [4.69, 9.17) is 9.72 Å². The molecule has 1 aliphatic heterocycles. The molecule has 2 heterocycles. The van der Waals surface area contributed by atoms with Crippen molar-refractivity contribution in [1.29, 1.82) is 0 Å². The van der Waals surface area contributed by atoms with Gasteiger partial charge in [0.2, 0.25) is 0 Å². The number of fused-ring (bicyclic) bond motifs is 1. The molecule has 4 rings (SSSR count). The van der Waals surface area contributed by atoms with Crippen molar-refractivity contribution < 1.29 is 22.7 Å². The number of anilines is 1. The summed E-state index contributed by atoms with van der Waals surface area (Å²) < 4.78 is 46.0. The molecule has 0 unspecified atom stereocenters. The molecule has 1 amide bonds. The van der Waals surface area contributed by atoms with E-state index in [1.807, 2.05) is 26.0 Å². The highest BCUT2D eigenvalue weighted by Gasteiger charge is 2.32. The monoisotopic (exact) mass is 463 g/mol. The maximum absolute atomic E-state index is 13.4. The smallest absolute Gasteiger partial charge is 0.379 e. The van der Waals surface area contributed by atoms with Crippen LogP contribution in [0.5, 0.6) is 0 Å². The lowest BCUT2D eigenvalue weighted by molar-refractivity contribution is -0.137. The number of halogens is 3. The van der Waals surface area contributed by atoms with E-state index < -0.39 is 17.6 Å². The van der Waals surface area contributed by atoms with Crippen molar-refractivity contribution in [2.75, 3.05) is 44.3 Å². The van der Waals surface area contributed by atoms with Crippen LogP contribution >= 0.6 is 11.3 Å². The number of rotatable bonds is 5. The minimum Gasteiger partial charge on any atom is -0.379 e. The van der Waals surface area contributed by atoms with Gasteiger partial charge in [-0.1, -0.05) is 29.5 Å². The van der Waals surface area contributed by atoms with E-state index in [0.717, 1.165) is 46.6 Å². The van der Waals surface area contributed by atoms with Crippen LogP contribution in [0.15, 0.2) is 36.4 Å². The van der Waals surface area contributed by atoms with E-state index in [2.05, 4.69) is 4.90 Å². The minimum absolute atomic E-state index is 0.00509. The third kappa shape index (κ3) is 4.79. The van der Waals surface area contributed by atoms with Gasteiger partial charge in [0.25, 0.3) is 5.91 Å². The lowest BCUT2D eigenvalue weighted by atomic mass is 10.1. The molecule has 9 heteroatoms. The zero-order chi connectivity index (χ0) is 22.9. The van der Waals surface area contributed by atoms with Gasteiger partial charge in [-0.05, 0) is 43.2 Å². The Kier molecular flexibility index (Phi) is 6.50. The fourth-order valence-electron chi connectivity index (χ4n) is 3.70. The molecule has 0 aliphatic carbocycles. The number of hydrogen-bond donors (Lipinski definition) is 0. The Bertz CT molecular complexity index is 1080. The van der Waals surface area contributed by atoms with Gasteiger partial charge in [-0.3, -0.25) is 14.6 Å². The van der Waals surface area contributed by atoms with Crippen LogP contribution in [-0.2, 0) is 10.9 Å². The minimum atomic E-state index is -4.51. The normalized spacial score (nSPS) is 15.3. The Morgan fingerprint density at radius 3 is 2.56 bits per heavy atom. The summed E-state index contributed by atoms with van der Waals surface area (Å²) in [5, 5.41) is 0.494. The third-order valence-electron chi connectivity index (χ3n) is 5.59. The molecular formula is C23H24F3N3O2S. The van der Waals surface area contributed by atoms with Crippen LogP contribution < -0.4 is 4.90 Å². The van der Waals surface area contributed by atoms with Crippen molar-refractivity contribution >= 4 is 32.6 Å². The first kappa shape index (κ1) is 22.7. The molecule has 0 N–H and O–H groups in total. The first-order valence-corrected chi connectivity index (χ1v) is 11.2. The van der Waals surface area contributed by atoms with E-state index in [1.54, 1.807) is 0 Å². The Hall–Kier alpha value is -2.49. The summed E-state index contributed by atoms with van der Waals surface area (Å²) in [6, 6.07) is 8.55. The number of aromatic nitrogens is 1. The molecule has 5 nitrogen and oxygen atoms in total. The van der Waals surface area contributed by atoms with Gasteiger partial charge in [0.15, 0.2) is 5.13 Å². The standard InChI is InChI=1S/C23H24F3N3O2S/c1-15-6-7-16(2)20-19(15)27-22(32-20)29(9-8-28-10-12-31-13-11-28)21(30)17-4-3-5-18(14-17)23(24,25)26/h3-7,14H,8-13H2,1-2H3. The Morgan fingerprint density at radius 1 is 1.16 bits per heavy atom. The second kappa shape index (κ2) is 9.17. The molecule has 2 aromatic carbocycles.